The lowest BCUT2D eigenvalue weighted by atomic mass is 10.1. The number of pyridine rings is 1. The van der Waals surface area contributed by atoms with Crippen LogP contribution in [0, 0.1) is 17.7 Å². The fourth-order valence-corrected chi connectivity index (χ4v) is 4.57. The third kappa shape index (κ3) is 5.35. The van der Waals surface area contributed by atoms with Gasteiger partial charge in [-0.05, 0) is 36.2 Å². The molecule has 5 aromatic rings. The third-order valence-corrected chi connectivity index (χ3v) is 6.41. The topological polar surface area (TPSA) is 76.7 Å². The summed E-state index contributed by atoms with van der Waals surface area (Å²) in [4.78, 5) is 13.7. The Morgan fingerprint density at radius 1 is 0.914 bits per heavy atom. The first-order valence-electron chi connectivity index (χ1n) is 11.2. The number of fused-ring (bicyclic) bond motifs is 1. The Morgan fingerprint density at radius 3 is 2.46 bits per heavy atom. The molecular formula is C28H22FN5S. The Morgan fingerprint density at radius 2 is 1.66 bits per heavy atom. The molecule has 0 aliphatic rings. The molecule has 0 radical (unpaired) electrons. The van der Waals surface area contributed by atoms with E-state index in [1.165, 1.54) is 23.0 Å². The highest BCUT2D eigenvalue weighted by Crippen LogP contribution is 2.32. The number of halogens is 1. The Kier molecular flexibility index (Phi) is 6.75. The van der Waals surface area contributed by atoms with Gasteiger partial charge in [0.2, 0.25) is 0 Å². The van der Waals surface area contributed by atoms with Crippen LogP contribution in [0.1, 0.15) is 16.7 Å². The molecule has 1 atom stereocenters. The minimum absolute atomic E-state index is 0.0907. The number of nitrogens with zero attached hydrogens (tertiary/aromatic N) is 3. The van der Waals surface area contributed by atoms with Gasteiger partial charge in [0.1, 0.15) is 17.2 Å². The zero-order valence-corrected chi connectivity index (χ0v) is 19.6. The van der Waals surface area contributed by atoms with Crippen LogP contribution in [0.25, 0.3) is 21.6 Å². The Balaban J connectivity index is 1.49. The number of hydrogen-bond donors (Lipinski definition) is 2. The molecule has 0 bridgehead atoms. The van der Waals surface area contributed by atoms with Gasteiger partial charge in [-0.25, -0.2) is 14.4 Å². The van der Waals surface area contributed by atoms with Crippen LogP contribution < -0.4 is 11.1 Å². The second-order valence-electron chi connectivity index (χ2n) is 8.02. The summed E-state index contributed by atoms with van der Waals surface area (Å²) in [5, 5.41) is 5.35. The lowest BCUT2D eigenvalue weighted by Gasteiger charge is -2.14. The fourth-order valence-electron chi connectivity index (χ4n) is 3.67. The van der Waals surface area contributed by atoms with Gasteiger partial charge in [0.15, 0.2) is 5.82 Å². The van der Waals surface area contributed by atoms with Crippen molar-refractivity contribution in [3.05, 3.63) is 107 Å². The molecule has 0 unspecified atom stereocenters. The van der Waals surface area contributed by atoms with E-state index in [2.05, 4.69) is 34.3 Å². The van der Waals surface area contributed by atoms with Crippen LogP contribution in [0.4, 0.5) is 10.2 Å². The molecule has 0 aliphatic carbocycles. The Bertz CT molecular complexity index is 1510. The first-order chi connectivity index (χ1) is 17.2. The monoisotopic (exact) mass is 479 g/mol. The molecule has 0 aliphatic heterocycles. The van der Waals surface area contributed by atoms with Gasteiger partial charge < -0.3 is 11.1 Å². The highest BCUT2D eigenvalue weighted by Gasteiger charge is 2.15. The molecule has 5 nitrogen and oxygen atoms in total. The molecule has 0 saturated carbocycles. The third-order valence-electron chi connectivity index (χ3n) is 5.43. The number of rotatable bonds is 6. The van der Waals surface area contributed by atoms with Crippen LogP contribution in [0.3, 0.4) is 0 Å². The molecule has 3 heterocycles. The molecule has 0 amide bonds. The molecule has 5 rings (SSSR count). The molecule has 172 valence electrons. The lowest BCUT2D eigenvalue weighted by molar-refractivity contribution is 0.624. The summed E-state index contributed by atoms with van der Waals surface area (Å²) in [6.07, 6.45) is 4.17. The van der Waals surface area contributed by atoms with Crippen molar-refractivity contribution < 1.29 is 4.39 Å². The Hall–Kier alpha value is -4.12. The van der Waals surface area contributed by atoms with Crippen molar-refractivity contribution >= 4 is 27.4 Å². The van der Waals surface area contributed by atoms with Crippen molar-refractivity contribution in [2.75, 3.05) is 11.9 Å². The minimum Gasteiger partial charge on any atom is -0.367 e. The maximum atomic E-state index is 14.1. The average Bonchev–Trinajstić information content (AvgIpc) is 3.31. The second kappa shape index (κ2) is 10.4. The van der Waals surface area contributed by atoms with Crippen LogP contribution >= 0.6 is 11.3 Å². The van der Waals surface area contributed by atoms with Crippen molar-refractivity contribution in [3.63, 3.8) is 0 Å². The highest BCUT2D eigenvalue weighted by atomic mass is 32.1. The van der Waals surface area contributed by atoms with E-state index in [0.29, 0.717) is 23.8 Å². The first kappa shape index (κ1) is 22.7. The van der Waals surface area contributed by atoms with E-state index < -0.39 is 0 Å². The summed E-state index contributed by atoms with van der Waals surface area (Å²) in [5.74, 6) is 6.95. The SMILES string of the molecule is N[C@H](CNc1nc(-c2ccncc2)nc2c(C#Cc3ccccc3F)csc12)Cc1ccccc1. The van der Waals surface area contributed by atoms with Gasteiger partial charge in [0, 0.05) is 35.9 Å². The van der Waals surface area contributed by atoms with E-state index in [4.69, 9.17) is 15.7 Å². The maximum absolute atomic E-state index is 14.1. The zero-order valence-electron chi connectivity index (χ0n) is 18.8. The smallest absolute Gasteiger partial charge is 0.162 e. The summed E-state index contributed by atoms with van der Waals surface area (Å²) < 4.78 is 14.9. The molecule has 3 N–H and O–H groups in total. The number of nitrogens with one attached hydrogen (secondary N) is 1. The number of anilines is 1. The van der Waals surface area contributed by atoms with E-state index >= 15 is 0 Å². The number of nitrogens with two attached hydrogens (primary N) is 1. The molecule has 2 aromatic carbocycles. The van der Waals surface area contributed by atoms with Crippen LogP contribution in [0.15, 0.2) is 84.5 Å². The summed E-state index contributed by atoms with van der Waals surface area (Å²) in [6.45, 7) is 0.547. The van der Waals surface area contributed by atoms with Crippen molar-refractivity contribution in [2.24, 2.45) is 5.73 Å². The maximum Gasteiger partial charge on any atom is 0.162 e. The largest absolute Gasteiger partial charge is 0.367 e. The van der Waals surface area contributed by atoms with Crippen molar-refractivity contribution in [1.29, 1.82) is 0 Å². The van der Waals surface area contributed by atoms with Gasteiger partial charge in [0.25, 0.3) is 0 Å². The molecular weight excluding hydrogens is 457 g/mol. The molecule has 35 heavy (non-hydrogen) atoms. The summed E-state index contributed by atoms with van der Waals surface area (Å²) >= 11 is 1.50. The number of hydrogen-bond acceptors (Lipinski definition) is 6. The predicted molar refractivity (Wildman–Crippen MR) is 140 cm³/mol. The standard InChI is InChI=1S/C28H22FN5S/c29-24-9-5-4-8-20(24)10-11-22-18-35-26-25(22)33-27(21-12-14-31-15-13-21)34-28(26)32-17-23(30)16-19-6-2-1-3-7-19/h1-9,12-15,18,23H,16-17,30H2,(H,32,33,34)/t23-/m0/s1. The predicted octanol–water partition coefficient (Wildman–Crippen LogP) is 5.27. The molecule has 3 aromatic heterocycles. The number of thiophene rings is 1. The molecule has 7 heteroatoms. The average molecular weight is 480 g/mol. The van der Waals surface area contributed by atoms with E-state index in [9.17, 15) is 4.39 Å². The van der Waals surface area contributed by atoms with Crippen LogP contribution in [-0.4, -0.2) is 27.5 Å². The molecule has 0 fully saturated rings. The van der Waals surface area contributed by atoms with Crippen molar-refractivity contribution in [2.45, 2.75) is 12.5 Å². The molecule has 0 spiro atoms. The van der Waals surface area contributed by atoms with Crippen molar-refractivity contribution in [3.8, 4) is 23.2 Å². The highest BCUT2D eigenvalue weighted by molar-refractivity contribution is 7.18. The first-order valence-corrected chi connectivity index (χ1v) is 12.0. The Labute approximate surface area is 206 Å². The summed E-state index contributed by atoms with van der Waals surface area (Å²) in [6, 6.07) is 20.3. The van der Waals surface area contributed by atoms with Crippen LogP contribution in [-0.2, 0) is 6.42 Å². The number of aromatic nitrogens is 3. The van der Waals surface area contributed by atoms with E-state index in [-0.39, 0.29) is 11.9 Å². The molecule has 0 saturated heterocycles. The van der Waals surface area contributed by atoms with Gasteiger partial charge in [-0.3, -0.25) is 4.98 Å². The van der Waals surface area contributed by atoms with Crippen LogP contribution in [0.2, 0.25) is 0 Å². The van der Waals surface area contributed by atoms with Gasteiger partial charge in [0.05, 0.1) is 15.8 Å². The second-order valence-corrected chi connectivity index (χ2v) is 8.90. The van der Waals surface area contributed by atoms with Crippen LogP contribution in [0.5, 0.6) is 0 Å². The lowest BCUT2D eigenvalue weighted by Crippen LogP contribution is -2.31. The fraction of sp³-hybridized carbons (Fsp3) is 0.107. The van der Waals surface area contributed by atoms with Gasteiger partial charge in [-0.2, -0.15) is 0 Å². The van der Waals surface area contributed by atoms with Gasteiger partial charge >= 0.3 is 0 Å². The van der Waals surface area contributed by atoms with E-state index in [1.54, 1.807) is 30.6 Å². The zero-order chi connectivity index (χ0) is 24.0. The van der Waals surface area contributed by atoms with Crippen molar-refractivity contribution in [1.82, 2.24) is 15.0 Å². The van der Waals surface area contributed by atoms with Gasteiger partial charge in [-0.1, -0.05) is 54.3 Å². The normalized spacial score (nSPS) is 11.6. The summed E-state index contributed by atoms with van der Waals surface area (Å²) in [5.41, 5.74) is 10.2. The summed E-state index contributed by atoms with van der Waals surface area (Å²) in [7, 11) is 0. The number of benzene rings is 2. The van der Waals surface area contributed by atoms with E-state index in [1.807, 2.05) is 35.7 Å². The minimum atomic E-state index is -0.346. The quantitative estimate of drug-likeness (QED) is 0.324. The van der Waals surface area contributed by atoms with Gasteiger partial charge in [-0.15, -0.1) is 11.3 Å². The van der Waals surface area contributed by atoms with E-state index in [0.717, 1.165) is 27.8 Å².